The largest absolute Gasteiger partial charge is 0.496 e. The summed E-state index contributed by atoms with van der Waals surface area (Å²) < 4.78 is 5.68. The average molecular weight is 308 g/mol. The summed E-state index contributed by atoms with van der Waals surface area (Å²) in [7, 11) is 1.72. The Morgan fingerprint density at radius 3 is 2.39 bits per heavy atom. The highest BCUT2D eigenvalue weighted by molar-refractivity contribution is 6.03. The zero-order chi connectivity index (χ0) is 16.0. The van der Waals surface area contributed by atoms with E-state index in [0.29, 0.717) is 0 Å². The zero-order valence-corrected chi connectivity index (χ0v) is 13.5. The van der Waals surface area contributed by atoms with Gasteiger partial charge in [0.2, 0.25) is 0 Å². The number of carbonyl (C=O) groups is 1. The summed E-state index contributed by atoms with van der Waals surface area (Å²) in [5.41, 5.74) is 5.76. The predicted molar refractivity (Wildman–Crippen MR) is 91.2 cm³/mol. The summed E-state index contributed by atoms with van der Waals surface area (Å²) in [5, 5.41) is 4.70. The Morgan fingerprint density at radius 1 is 1.00 bits per heavy atom. The third-order valence-electron chi connectivity index (χ3n) is 4.63. The number of rotatable bonds is 1. The molecule has 0 unspecified atom stereocenters. The summed E-state index contributed by atoms with van der Waals surface area (Å²) in [6, 6.07) is 4.31. The molecule has 0 saturated carbocycles. The highest BCUT2D eigenvalue weighted by atomic mass is 16.5. The lowest BCUT2D eigenvalue weighted by Gasteiger charge is -2.37. The van der Waals surface area contributed by atoms with Gasteiger partial charge in [-0.3, -0.25) is 14.8 Å². The number of ether oxygens (including phenoxy) is 1. The average Bonchev–Trinajstić information content (AvgIpc) is 2.89. The van der Waals surface area contributed by atoms with Crippen molar-refractivity contribution >= 4 is 17.2 Å². The van der Waals surface area contributed by atoms with Crippen LogP contribution in [0, 0.1) is 6.92 Å². The summed E-state index contributed by atoms with van der Waals surface area (Å²) in [5.74, 6) is 0.939. The van der Waals surface area contributed by atoms with Crippen molar-refractivity contribution < 1.29 is 9.53 Å². The molecule has 1 fully saturated rings. The molecule has 3 aliphatic rings. The Hall–Kier alpha value is -2.49. The van der Waals surface area contributed by atoms with Gasteiger partial charge in [-0.15, -0.1) is 0 Å². The third-order valence-corrected chi connectivity index (χ3v) is 4.63. The van der Waals surface area contributed by atoms with E-state index in [2.05, 4.69) is 29.1 Å². The zero-order valence-electron chi connectivity index (χ0n) is 13.5. The van der Waals surface area contributed by atoms with Gasteiger partial charge in [0.05, 0.1) is 24.1 Å². The molecule has 1 aromatic carbocycles. The number of nitrogens with zero attached hydrogens (tertiary/aromatic N) is 2. The fraction of sp³-hybridized carbons (Fsp3) is 0.316. The maximum absolute atomic E-state index is 11.5. The number of aryl methyl sites for hydroxylation is 1. The molecular formula is C19H20N2O2. The van der Waals surface area contributed by atoms with E-state index in [1.54, 1.807) is 19.3 Å². The minimum Gasteiger partial charge on any atom is -0.496 e. The molecule has 0 bridgehead atoms. The molecule has 0 atom stereocenters. The van der Waals surface area contributed by atoms with Crippen molar-refractivity contribution in [1.82, 2.24) is 5.01 Å². The molecule has 1 saturated heterocycles. The van der Waals surface area contributed by atoms with Crippen molar-refractivity contribution in [2.75, 3.05) is 25.2 Å². The SMILES string of the molecule is COc1cc(C)cc2c1C(=C1C=CC(=O)C=C1)N1CCCCN21. The molecule has 2 aliphatic heterocycles. The minimum absolute atomic E-state index is 0.0407. The third kappa shape index (κ3) is 2.17. The van der Waals surface area contributed by atoms with Gasteiger partial charge in [0.1, 0.15) is 5.75 Å². The van der Waals surface area contributed by atoms with E-state index in [9.17, 15) is 4.79 Å². The lowest BCUT2D eigenvalue weighted by atomic mass is 9.99. The van der Waals surface area contributed by atoms with Gasteiger partial charge in [0, 0.05) is 18.7 Å². The van der Waals surface area contributed by atoms with Crippen LogP contribution in [-0.2, 0) is 4.79 Å². The van der Waals surface area contributed by atoms with Gasteiger partial charge in [-0.05, 0) is 61.8 Å². The molecule has 1 aliphatic carbocycles. The maximum atomic E-state index is 11.5. The van der Waals surface area contributed by atoms with Crippen LogP contribution in [0.1, 0.15) is 24.0 Å². The number of benzene rings is 1. The fourth-order valence-electron chi connectivity index (χ4n) is 3.62. The second-order valence-electron chi connectivity index (χ2n) is 6.19. The molecule has 0 spiro atoms. The molecule has 4 rings (SSSR count). The van der Waals surface area contributed by atoms with Gasteiger partial charge < -0.3 is 4.74 Å². The molecule has 2 heterocycles. The molecule has 4 nitrogen and oxygen atoms in total. The van der Waals surface area contributed by atoms with Crippen LogP contribution in [0.5, 0.6) is 5.75 Å². The van der Waals surface area contributed by atoms with Crippen LogP contribution in [0.4, 0.5) is 5.69 Å². The Balaban J connectivity index is 1.97. The molecule has 0 amide bonds. The smallest absolute Gasteiger partial charge is 0.178 e. The maximum Gasteiger partial charge on any atom is 0.178 e. The number of ketones is 1. The van der Waals surface area contributed by atoms with Crippen LogP contribution >= 0.6 is 0 Å². The number of methoxy groups -OCH3 is 1. The Morgan fingerprint density at radius 2 is 1.70 bits per heavy atom. The topological polar surface area (TPSA) is 32.8 Å². The Labute approximate surface area is 136 Å². The lowest BCUT2D eigenvalue weighted by molar-refractivity contribution is -0.110. The lowest BCUT2D eigenvalue weighted by Crippen LogP contribution is -2.42. The van der Waals surface area contributed by atoms with Gasteiger partial charge in [-0.2, -0.15) is 0 Å². The highest BCUT2D eigenvalue weighted by Gasteiger charge is 2.37. The first-order chi connectivity index (χ1) is 11.2. The molecule has 0 radical (unpaired) electrons. The van der Waals surface area contributed by atoms with Gasteiger partial charge in [-0.1, -0.05) is 0 Å². The molecule has 23 heavy (non-hydrogen) atoms. The fourth-order valence-corrected chi connectivity index (χ4v) is 3.62. The molecule has 118 valence electrons. The van der Waals surface area contributed by atoms with Crippen LogP contribution in [-0.4, -0.2) is 31.0 Å². The van der Waals surface area contributed by atoms with Gasteiger partial charge in [0.25, 0.3) is 0 Å². The van der Waals surface area contributed by atoms with E-state index >= 15 is 0 Å². The second kappa shape index (κ2) is 5.30. The predicted octanol–water partition coefficient (Wildman–Crippen LogP) is 3.24. The van der Waals surface area contributed by atoms with Crippen molar-refractivity contribution in [3.8, 4) is 5.75 Å². The number of anilines is 1. The first kappa shape index (κ1) is 14.1. The van der Waals surface area contributed by atoms with Crippen molar-refractivity contribution in [3.05, 3.63) is 53.1 Å². The van der Waals surface area contributed by atoms with Gasteiger partial charge in [0.15, 0.2) is 5.78 Å². The molecular weight excluding hydrogens is 288 g/mol. The molecule has 0 aromatic heterocycles. The van der Waals surface area contributed by atoms with Crippen LogP contribution < -0.4 is 9.75 Å². The molecule has 0 N–H and O–H groups in total. The first-order valence-corrected chi connectivity index (χ1v) is 8.07. The van der Waals surface area contributed by atoms with E-state index in [1.807, 2.05) is 12.2 Å². The van der Waals surface area contributed by atoms with Crippen molar-refractivity contribution in [3.63, 3.8) is 0 Å². The van der Waals surface area contributed by atoms with Crippen LogP contribution in [0.2, 0.25) is 0 Å². The van der Waals surface area contributed by atoms with Crippen LogP contribution in [0.15, 0.2) is 42.0 Å². The van der Waals surface area contributed by atoms with Crippen LogP contribution in [0.25, 0.3) is 5.70 Å². The Kier molecular flexibility index (Phi) is 3.26. The number of hydrogen-bond donors (Lipinski definition) is 0. The van der Waals surface area contributed by atoms with Crippen molar-refractivity contribution in [2.24, 2.45) is 0 Å². The standard InChI is InChI=1S/C19H20N2O2/c1-13-11-16-18(17(12-13)23-2)19(14-5-7-15(22)8-6-14)21-10-4-3-9-20(16)21/h5-8,11-12H,3-4,9-10H2,1-2H3. The van der Waals surface area contributed by atoms with Gasteiger partial charge in [-0.25, -0.2) is 0 Å². The Bertz CT molecular complexity index is 756. The van der Waals surface area contributed by atoms with Crippen molar-refractivity contribution in [2.45, 2.75) is 19.8 Å². The van der Waals surface area contributed by atoms with E-state index in [1.165, 1.54) is 24.1 Å². The minimum atomic E-state index is 0.0407. The summed E-state index contributed by atoms with van der Waals surface area (Å²) in [6.07, 6.45) is 9.47. The number of hydrogen-bond acceptors (Lipinski definition) is 4. The monoisotopic (exact) mass is 308 g/mol. The normalized spacial score (nSPS) is 19.3. The highest BCUT2D eigenvalue weighted by Crippen LogP contribution is 2.48. The summed E-state index contributed by atoms with van der Waals surface area (Å²) in [6.45, 7) is 4.11. The summed E-state index contributed by atoms with van der Waals surface area (Å²) >= 11 is 0. The number of fused-ring (bicyclic) bond motifs is 3. The van der Waals surface area contributed by atoms with Crippen LogP contribution in [0.3, 0.4) is 0 Å². The first-order valence-electron chi connectivity index (χ1n) is 8.07. The number of carbonyl (C=O) groups excluding carboxylic acids is 1. The second-order valence-corrected chi connectivity index (χ2v) is 6.19. The van der Waals surface area contributed by atoms with E-state index in [-0.39, 0.29) is 5.78 Å². The van der Waals surface area contributed by atoms with Gasteiger partial charge >= 0.3 is 0 Å². The van der Waals surface area contributed by atoms with E-state index in [4.69, 9.17) is 4.74 Å². The quantitative estimate of drug-likeness (QED) is 0.797. The van der Waals surface area contributed by atoms with E-state index in [0.717, 1.165) is 35.7 Å². The summed E-state index contributed by atoms with van der Waals surface area (Å²) in [4.78, 5) is 11.5. The molecule has 1 aromatic rings. The van der Waals surface area contributed by atoms with E-state index < -0.39 is 0 Å². The van der Waals surface area contributed by atoms with Crippen molar-refractivity contribution in [1.29, 1.82) is 0 Å². The number of allylic oxidation sites excluding steroid dienone is 5. The molecule has 4 heteroatoms. The number of hydrazine groups is 1.